The molecule has 0 unspecified atom stereocenters. The molecule has 1 aliphatic carbocycles. The highest BCUT2D eigenvalue weighted by Crippen LogP contribution is 2.28. The van der Waals surface area contributed by atoms with E-state index in [0.29, 0.717) is 12.0 Å². The van der Waals surface area contributed by atoms with Gasteiger partial charge in [-0.15, -0.1) is 0 Å². The smallest absolute Gasteiger partial charge is 0.224 e. The number of aromatic nitrogens is 3. The second-order valence-electron chi connectivity index (χ2n) is 6.95. The molecule has 3 rings (SSSR count). The second-order valence-corrected chi connectivity index (χ2v) is 6.95. The maximum Gasteiger partial charge on any atom is 0.224 e. The molecule has 3 N–H and O–H groups in total. The fourth-order valence-electron chi connectivity index (χ4n) is 3.28. The number of aliphatic hydroxyl groups is 1. The summed E-state index contributed by atoms with van der Waals surface area (Å²) in [6, 6.07) is 6.18. The summed E-state index contributed by atoms with van der Waals surface area (Å²) in [5, 5.41) is 16.6. The summed E-state index contributed by atoms with van der Waals surface area (Å²) in [6.45, 7) is 3.08. The molecule has 1 fully saturated rings. The first-order valence-corrected chi connectivity index (χ1v) is 9.73. The van der Waals surface area contributed by atoms with Crippen LogP contribution in [-0.2, 0) is 0 Å². The van der Waals surface area contributed by atoms with Crippen molar-refractivity contribution >= 4 is 11.8 Å². The minimum absolute atomic E-state index is 0.162. The molecule has 0 bridgehead atoms. The maximum atomic E-state index is 9.74. The highest BCUT2D eigenvalue weighted by molar-refractivity contribution is 5.72. The van der Waals surface area contributed by atoms with Crippen LogP contribution in [0.15, 0.2) is 30.6 Å². The topological polar surface area (TPSA) is 83.0 Å². The largest absolute Gasteiger partial charge is 0.393 e. The van der Waals surface area contributed by atoms with Crippen molar-refractivity contribution in [3.05, 3.63) is 30.6 Å². The van der Waals surface area contributed by atoms with Gasteiger partial charge >= 0.3 is 0 Å². The van der Waals surface area contributed by atoms with Crippen LogP contribution in [0.1, 0.15) is 51.9 Å². The van der Waals surface area contributed by atoms with Gasteiger partial charge < -0.3 is 15.7 Å². The molecule has 0 amide bonds. The Kier molecular flexibility index (Phi) is 6.77. The van der Waals surface area contributed by atoms with Crippen molar-refractivity contribution in [3.63, 3.8) is 0 Å². The van der Waals surface area contributed by atoms with E-state index in [1.54, 1.807) is 6.20 Å². The Morgan fingerprint density at radius 1 is 1.12 bits per heavy atom. The Morgan fingerprint density at radius 2 is 1.96 bits per heavy atom. The van der Waals surface area contributed by atoms with Crippen LogP contribution in [0.3, 0.4) is 0 Å². The molecule has 140 valence electrons. The van der Waals surface area contributed by atoms with Crippen molar-refractivity contribution in [3.8, 4) is 11.3 Å². The van der Waals surface area contributed by atoms with Crippen molar-refractivity contribution in [1.29, 1.82) is 0 Å². The molecule has 0 aliphatic heterocycles. The number of hydrogen-bond acceptors (Lipinski definition) is 6. The first-order chi connectivity index (χ1) is 12.8. The summed E-state index contributed by atoms with van der Waals surface area (Å²) < 4.78 is 0. The third-order valence-corrected chi connectivity index (χ3v) is 4.83. The predicted molar refractivity (Wildman–Crippen MR) is 105 cm³/mol. The lowest BCUT2D eigenvalue weighted by molar-refractivity contribution is 0.126. The standard InChI is InChI=1S/C20H29N5O/c1-2-3-5-13-22-20-23-14-17(18-7-4-6-12-21-18)19(25-20)24-15-8-10-16(26)11-9-15/h4,6-7,12,14-16,26H,2-3,5,8-11,13H2,1H3,(H2,22,23,24,25). The van der Waals surface area contributed by atoms with Crippen LogP contribution >= 0.6 is 0 Å². The SMILES string of the molecule is CCCCCNc1ncc(-c2ccccn2)c(NC2CCC(O)CC2)n1. The van der Waals surface area contributed by atoms with Crippen LogP contribution < -0.4 is 10.6 Å². The van der Waals surface area contributed by atoms with E-state index in [0.717, 1.165) is 55.7 Å². The molecule has 0 saturated heterocycles. The Balaban J connectivity index is 1.77. The number of pyridine rings is 1. The van der Waals surface area contributed by atoms with Gasteiger partial charge in [-0.25, -0.2) is 4.98 Å². The van der Waals surface area contributed by atoms with Crippen molar-refractivity contribution in [1.82, 2.24) is 15.0 Å². The minimum atomic E-state index is -0.162. The number of anilines is 2. The average Bonchev–Trinajstić information content (AvgIpc) is 2.68. The van der Waals surface area contributed by atoms with E-state index >= 15 is 0 Å². The molecular formula is C20H29N5O. The molecule has 6 heteroatoms. The first-order valence-electron chi connectivity index (χ1n) is 9.73. The number of nitrogens with one attached hydrogen (secondary N) is 2. The van der Waals surface area contributed by atoms with E-state index in [2.05, 4.69) is 27.5 Å². The van der Waals surface area contributed by atoms with Crippen molar-refractivity contribution in [2.24, 2.45) is 0 Å². The van der Waals surface area contributed by atoms with Crippen LogP contribution in [0, 0.1) is 0 Å². The lowest BCUT2D eigenvalue weighted by Gasteiger charge is -2.27. The molecule has 1 saturated carbocycles. The van der Waals surface area contributed by atoms with Gasteiger partial charge in [0.05, 0.1) is 17.4 Å². The predicted octanol–water partition coefficient (Wildman–Crippen LogP) is 3.86. The minimum Gasteiger partial charge on any atom is -0.393 e. The molecule has 0 spiro atoms. The normalized spacial score (nSPS) is 19.9. The molecule has 6 nitrogen and oxygen atoms in total. The summed E-state index contributed by atoms with van der Waals surface area (Å²) in [4.78, 5) is 13.7. The van der Waals surface area contributed by atoms with E-state index in [1.165, 1.54) is 12.8 Å². The van der Waals surface area contributed by atoms with Gasteiger partial charge in [-0.05, 0) is 44.2 Å². The summed E-state index contributed by atoms with van der Waals surface area (Å²) in [5.41, 5.74) is 1.78. The number of unbranched alkanes of at least 4 members (excludes halogenated alkanes) is 2. The third kappa shape index (κ3) is 5.14. The van der Waals surface area contributed by atoms with Crippen LogP contribution in [0.4, 0.5) is 11.8 Å². The van der Waals surface area contributed by atoms with E-state index in [4.69, 9.17) is 4.98 Å². The zero-order chi connectivity index (χ0) is 18.2. The van der Waals surface area contributed by atoms with Gasteiger partial charge in [0, 0.05) is 25.0 Å². The molecule has 2 aromatic heterocycles. The quantitative estimate of drug-likeness (QED) is 0.624. The first kappa shape index (κ1) is 18.6. The van der Waals surface area contributed by atoms with Gasteiger partial charge in [0.2, 0.25) is 5.95 Å². The zero-order valence-electron chi connectivity index (χ0n) is 15.5. The van der Waals surface area contributed by atoms with E-state index in [1.807, 2.05) is 24.4 Å². The van der Waals surface area contributed by atoms with Crippen LogP contribution in [-0.4, -0.2) is 38.7 Å². The van der Waals surface area contributed by atoms with E-state index in [-0.39, 0.29) is 6.10 Å². The lowest BCUT2D eigenvalue weighted by Crippen LogP contribution is -2.29. The lowest BCUT2D eigenvalue weighted by atomic mass is 9.93. The molecule has 2 heterocycles. The van der Waals surface area contributed by atoms with E-state index in [9.17, 15) is 5.11 Å². The maximum absolute atomic E-state index is 9.74. The molecule has 0 radical (unpaired) electrons. The van der Waals surface area contributed by atoms with Crippen LogP contribution in [0.5, 0.6) is 0 Å². The number of nitrogens with zero attached hydrogens (tertiary/aromatic N) is 3. The Morgan fingerprint density at radius 3 is 2.69 bits per heavy atom. The van der Waals surface area contributed by atoms with Gasteiger partial charge in [-0.1, -0.05) is 25.8 Å². The average molecular weight is 355 g/mol. The van der Waals surface area contributed by atoms with Gasteiger partial charge in [0.1, 0.15) is 5.82 Å². The van der Waals surface area contributed by atoms with Gasteiger partial charge in [0.15, 0.2) is 0 Å². The molecular weight excluding hydrogens is 326 g/mol. The Hall–Kier alpha value is -2.21. The monoisotopic (exact) mass is 355 g/mol. The van der Waals surface area contributed by atoms with Gasteiger partial charge in [0.25, 0.3) is 0 Å². The number of rotatable bonds is 8. The molecule has 2 aromatic rings. The highest BCUT2D eigenvalue weighted by Gasteiger charge is 2.21. The van der Waals surface area contributed by atoms with Crippen LogP contribution in [0.25, 0.3) is 11.3 Å². The fraction of sp³-hybridized carbons (Fsp3) is 0.550. The molecule has 0 aromatic carbocycles. The second kappa shape index (κ2) is 9.48. The molecule has 0 atom stereocenters. The highest BCUT2D eigenvalue weighted by atomic mass is 16.3. The molecule has 1 aliphatic rings. The van der Waals surface area contributed by atoms with Crippen LogP contribution in [0.2, 0.25) is 0 Å². The Labute approximate surface area is 155 Å². The zero-order valence-corrected chi connectivity index (χ0v) is 15.5. The number of aliphatic hydroxyl groups excluding tert-OH is 1. The summed E-state index contributed by atoms with van der Waals surface area (Å²) in [6.07, 6.45) is 10.6. The third-order valence-electron chi connectivity index (χ3n) is 4.83. The Bertz CT molecular complexity index is 671. The van der Waals surface area contributed by atoms with Gasteiger partial charge in [-0.2, -0.15) is 4.98 Å². The van der Waals surface area contributed by atoms with Crippen molar-refractivity contribution in [2.75, 3.05) is 17.2 Å². The summed E-state index contributed by atoms with van der Waals surface area (Å²) >= 11 is 0. The van der Waals surface area contributed by atoms with Crippen molar-refractivity contribution < 1.29 is 5.11 Å². The van der Waals surface area contributed by atoms with Crippen molar-refractivity contribution in [2.45, 2.75) is 64.0 Å². The van der Waals surface area contributed by atoms with E-state index < -0.39 is 0 Å². The van der Waals surface area contributed by atoms with Gasteiger partial charge in [-0.3, -0.25) is 4.98 Å². The molecule has 26 heavy (non-hydrogen) atoms. The summed E-state index contributed by atoms with van der Waals surface area (Å²) in [7, 11) is 0. The summed E-state index contributed by atoms with van der Waals surface area (Å²) in [5.74, 6) is 1.47. The number of hydrogen-bond donors (Lipinski definition) is 3. The fourth-order valence-corrected chi connectivity index (χ4v) is 3.28.